The number of fused-ring (bicyclic) bond motifs is 1. The second-order valence-corrected chi connectivity index (χ2v) is 7.64. The van der Waals surface area contributed by atoms with E-state index in [0.29, 0.717) is 12.2 Å². The van der Waals surface area contributed by atoms with Crippen LogP contribution in [-0.2, 0) is 29.1 Å². The highest BCUT2D eigenvalue weighted by Crippen LogP contribution is 2.13. The molecular weight excluding hydrogens is 404 g/mol. The smallest absolute Gasteiger partial charge is 0.306 e. The Morgan fingerprint density at radius 1 is 1.06 bits per heavy atom. The van der Waals surface area contributed by atoms with Crippen LogP contribution in [0.3, 0.4) is 0 Å². The van der Waals surface area contributed by atoms with E-state index in [2.05, 4.69) is 17.0 Å². The molecule has 4 rings (SSSR count). The highest BCUT2D eigenvalue weighted by molar-refractivity contribution is 5.75. The number of esters is 1. The van der Waals surface area contributed by atoms with Crippen molar-refractivity contribution in [3.05, 3.63) is 88.6 Å². The number of benzene rings is 2. The molecule has 2 aromatic heterocycles. The molecule has 0 spiro atoms. The summed E-state index contributed by atoms with van der Waals surface area (Å²) >= 11 is 0. The Kier molecular flexibility index (Phi) is 6.75. The normalized spacial score (nSPS) is 11.0. The number of carbonyl (C=O) groups is 1. The van der Waals surface area contributed by atoms with Crippen LogP contribution in [0.25, 0.3) is 16.7 Å². The first kappa shape index (κ1) is 21.5. The number of ether oxygens (including phenoxy) is 1. The van der Waals surface area contributed by atoms with Gasteiger partial charge in [0.05, 0.1) is 23.1 Å². The first-order valence-electron chi connectivity index (χ1n) is 10.9. The van der Waals surface area contributed by atoms with Crippen LogP contribution in [0.15, 0.2) is 71.8 Å². The number of rotatable bonds is 9. The van der Waals surface area contributed by atoms with Gasteiger partial charge in [0, 0.05) is 25.4 Å². The summed E-state index contributed by atoms with van der Waals surface area (Å²) < 4.78 is 8.94. The quantitative estimate of drug-likeness (QED) is 0.374. The maximum atomic E-state index is 13.0. The molecule has 0 saturated carbocycles. The summed E-state index contributed by atoms with van der Waals surface area (Å²) in [4.78, 5) is 29.8. The Balaban J connectivity index is 1.38. The fourth-order valence-corrected chi connectivity index (χ4v) is 3.57. The molecule has 0 aliphatic carbocycles. The largest absolute Gasteiger partial charge is 0.461 e. The van der Waals surface area contributed by atoms with Crippen LogP contribution >= 0.6 is 0 Å². The lowest BCUT2D eigenvalue weighted by atomic mass is 10.2. The van der Waals surface area contributed by atoms with Gasteiger partial charge in [0.1, 0.15) is 12.3 Å². The highest BCUT2D eigenvalue weighted by atomic mass is 16.5. The van der Waals surface area contributed by atoms with Gasteiger partial charge in [0.15, 0.2) is 0 Å². The first-order chi connectivity index (χ1) is 15.7. The fourth-order valence-electron chi connectivity index (χ4n) is 3.57. The predicted octanol–water partition coefficient (Wildman–Crippen LogP) is 4.06. The Morgan fingerprint density at radius 3 is 2.62 bits per heavy atom. The molecule has 4 aromatic rings. The lowest BCUT2D eigenvalue weighted by Gasteiger charge is -2.12. The summed E-state index contributed by atoms with van der Waals surface area (Å²) in [7, 11) is 0. The molecule has 0 radical (unpaired) electrons. The molecule has 0 aliphatic rings. The number of hydrogen-bond acceptors (Lipinski definition) is 5. The molecule has 0 N–H and O–H groups in total. The van der Waals surface area contributed by atoms with Gasteiger partial charge in [-0.25, -0.2) is 9.67 Å². The van der Waals surface area contributed by atoms with Crippen molar-refractivity contribution in [2.24, 2.45) is 0 Å². The van der Waals surface area contributed by atoms with Gasteiger partial charge in [-0.1, -0.05) is 37.6 Å². The van der Waals surface area contributed by atoms with Crippen molar-refractivity contribution in [3.63, 3.8) is 0 Å². The number of para-hydroxylation sites is 2. The van der Waals surface area contributed by atoms with Gasteiger partial charge in [0.25, 0.3) is 5.56 Å². The summed E-state index contributed by atoms with van der Waals surface area (Å²) in [5.74, 6) is -0.351. The minimum absolute atomic E-state index is 0.111. The second kappa shape index (κ2) is 10.0. The maximum absolute atomic E-state index is 13.0. The van der Waals surface area contributed by atoms with Crippen molar-refractivity contribution in [2.75, 3.05) is 0 Å². The van der Waals surface area contributed by atoms with Crippen molar-refractivity contribution in [3.8, 4) is 5.69 Å². The van der Waals surface area contributed by atoms with Crippen LogP contribution in [0, 0.1) is 0 Å². The molecule has 7 nitrogen and oxygen atoms in total. The third-order valence-electron chi connectivity index (χ3n) is 5.33. The van der Waals surface area contributed by atoms with Crippen molar-refractivity contribution in [1.29, 1.82) is 0 Å². The standard InChI is InChI=1S/C25H26N4O3/c1-2-3-16-28-23-8-5-4-7-21(23)27-22(25(28)31)13-14-24(30)32-18-19-9-11-20(12-10-19)29-17-6-15-26-29/h4-12,15,17H,2-3,13-14,16,18H2,1H3. The molecule has 2 aromatic carbocycles. The van der Waals surface area contributed by atoms with Gasteiger partial charge in [-0.05, 0) is 42.3 Å². The molecule has 0 unspecified atom stereocenters. The lowest BCUT2D eigenvalue weighted by Crippen LogP contribution is -2.26. The molecular formula is C25H26N4O3. The molecule has 7 heteroatoms. The van der Waals surface area contributed by atoms with Crippen LogP contribution in [-0.4, -0.2) is 25.3 Å². The number of aromatic nitrogens is 4. The summed E-state index contributed by atoms with van der Waals surface area (Å²) in [5, 5.41) is 4.19. The van der Waals surface area contributed by atoms with E-state index in [4.69, 9.17) is 4.74 Å². The van der Waals surface area contributed by atoms with Crippen molar-refractivity contribution in [1.82, 2.24) is 19.3 Å². The Bertz CT molecular complexity index is 1240. The molecule has 0 aliphatic heterocycles. The number of carbonyl (C=O) groups excluding carboxylic acids is 1. The van der Waals surface area contributed by atoms with Crippen molar-refractivity contribution in [2.45, 2.75) is 45.8 Å². The summed E-state index contributed by atoms with van der Waals surface area (Å²) in [5.41, 5.74) is 3.70. The zero-order chi connectivity index (χ0) is 22.3. The monoisotopic (exact) mass is 430 g/mol. The van der Waals surface area contributed by atoms with E-state index in [0.717, 1.165) is 35.1 Å². The molecule has 0 saturated heterocycles. The molecule has 0 fully saturated rings. The van der Waals surface area contributed by atoms with Crippen LogP contribution in [0.2, 0.25) is 0 Å². The minimum Gasteiger partial charge on any atom is -0.461 e. The first-order valence-corrected chi connectivity index (χ1v) is 10.9. The molecule has 0 bridgehead atoms. The third-order valence-corrected chi connectivity index (χ3v) is 5.33. The van der Waals surface area contributed by atoms with Crippen molar-refractivity contribution >= 4 is 17.0 Å². The Hall–Kier alpha value is -3.74. The van der Waals surface area contributed by atoms with Gasteiger partial charge in [-0.15, -0.1) is 0 Å². The zero-order valence-electron chi connectivity index (χ0n) is 18.1. The van der Waals surface area contributed by atoms with E-state index in [1.165, 1.54) is 0 Å². The van der Waals surface area contributed by atoms with Crippen molar-refractivity contribution < 1.29 is 9.53 Å². The molecule has 0 atom stereocenters. The van der Waals surface area contributed by atoms with E-state index >= 15 is 0 Å². The average molecular weight is 431 g/mol. The van der Waals surface area contributed by atoms with E-state index in [1.54, 1.807) is 15.4 Å². The zero-order valence-corrected chi connectivity index (χ0v) is 18.1. The van der Waals surface area contributed by atoms with E-state index in [1.807, 2.05) is 60.8 Å². The summed E-state index contributed by atoms with van der Waals surface area (Å²) in [6.45, 7) is 2.92. The topological polar surface area (TPSA) is 79.0 Å². The van der Waals surface area contributed by atoms with Gasteiger partial charge in [-0.3, -0.25) is 9.59 Å². The summed E-state index contributed by atoms with van der Waals surface area (Å²) in [6.07, 6.45) is 5.86. The lowest BCUT2D eigenvalue weighted by molar-refractivity contribution is -0.144. The van der Waals surface area contributed by atoms with Gasteiger partial charge in [-0.2, -0.15) is 5.10 Å². The number of nitrogens with zero attached hydrogens (tertiary/aromatic N) is 4. The predicted molar refractivity (Wildman–Crippen MR) is 123 cm³/mol. The maximum Gasteiger partial charge on any atom is 0.306 e. The van der Waals surface area contributed by atoms with Gasteiger partial charge >= 0.3 is 5.97 Å². The molecule has 0 amide bonds. The van der Waals surface area contributed by atoms with E-state index in [9.17, 15) is 9.59 Å². The van der Waals surface area contributed by atoms with Crippen LogP contribution in [0.1, 0.15) is 37.4 Å². The molecule has 2 heterocycles. The van der Waals surface area contributed by atoms with E-state index < -0.39 is 0 Å². The van der Waals surface area contributed by atoms with Crippen LogP contribution in [0.5, 0.6) is 0 Å². The Morgan fingerprint density at radius 2 is 1.88 bits per heavy atom. The van der Waals surface area contributed by atoms with Crippen LogP contribution in [0.4, 0.5) is 0 Å². The number of aryl methyl sites for hydroxylation is 2. The average Bonchev–Trinajstić information content (AvgIpc) is 3.36. The third kappa shape index (κ3) is 4.94. The highest BCUT2D eigenvalue weighted by Gasteiger charge is 2.13. The SMILES string of the molecule is CCCCn1c(=O)c(CCC(=O)OCc2ccc(-n3cccn3)cc2)nc2ccccc21. The van der Waals surface area contributed by atoms with Crippen LogP contribution < -0.4 is 5.56 Å². The second-order valence-electron chi connectivity index (χ2n) is 7.64. The fraction of sp³-hybridized carbons (Fsp3) is 0.280. The van der Waals surface area contributed by atoms with Gasteiger partial charge < -0.3 is 9.30 Å². The minimum atomic E-state index is -0.351. The number of hydrogen-bond donors (Lipinski definition) is 0. The molecule has 32 heavy (non-hydrogen) atoms. The number of unbranched alkanes of at least 4 members (excludes halogenated alkanes) is 1. The van der Waals surface area contributed by atoms with Gasteiger partial charge in [0.2, 0.25) is 0 Å². The molecule has 164 valence electrons. The summed E-state index contributed by atoms with van der Waals surface area (Å²) in [6, 6.07) is 17.1. The Labute approximate surface area is 186 Å². The van der Waals surface area contributed by atoms with E-state index in [-0.39, 0.29) is 31.0 Å².